The molecule has 0 amide bonds. The predicted molar refractivity (Wildman–Crippen MR) is 95.3 cm³/mol. The predicted octanol–water partition coefficient (Wildman–Crippen LogP) is -0.490. The third kappa shape index (κ3) is 3.85. The van der Waals surface area contributed by atoms with Crippen molar-refractivity contribution in [1.82, 2.24) is 4.98 Å². The Hall–Kier alpha value is -1.30. The number of hydrogen-bond donors (Lipinski definition) is 0. The van der Waals surface area contributed by atoms with E-state index in [1.807, 2.05) is 12.3 Å². The van der Waals surface area contributed by atoms with Crippen LogP contribution in [0.15, 0.2) is 66.4 Å². The number of hydrogen-bond acceptors (Lipinski definition) is 1. The van der Waals surface area contributed by atoms with Crippen LogP contribution in [0.1, 0.15) is 43.4 Å². The fourth-order valence-corrected chi connectivity index (χ4v) is 3.54. The number of pyridine rings is 1. The number of aromatic nitrogens is 1. The van der Waals surface area contributed by atoms with Gasteiger partial charge in [-0.3, -0.25) is 4.98 Å². The summed E-state index contributed by atoms with van der Waals surface area (Å²) in [7, 11) is 0. The molecular weight excluding hydrogens is 401 g/mol. The van der Waals surface area contributed by atoms with Gasteiger partial charge in [0, 0.05) is 11.6 Å². The first kappa shape index (κ1) is 22.7. The molecule has 3 aromatic rings. The van der Waals surface area contributed by atoms with Crippen molar-refractivity contribution in [2.75, 3.05) is 0 Å². The fraction of sp³-hybridized carbons (Fsp3) is 0.227. The maximum atomic E-state index is 4.67. The topological polar surface area (TPSA) is 12.9 Å². The summed E-state index contributed by atoms with van der Waals surface area (Å²) in [5, 5.41) is 1.20. The van der Waals surface area contributed by atoms with Gasteiger partial charge in [-0.15, -0.1) is 23.3 Å². The molecule has 133 valence electrons. The van der Waals surface area contributed by atoms with Crippen molar-refractivity contribution in [3.05, 3.63) is 89.1 Å². The Kier molecular flexibility index (Phi) is 7.52. The molecule has 1 radical (unpaired) electrons. The Morgan fingerprint density at radius 2 is 1.50 bits per heavy atom. The number of allylic oxidation sites excluding steroid dienone is 1. The third-order valence-corrected chi connectivity index (χ3v) is 4.61. The molecule has 1 aliphatic carbocycles. The minimum absolute atomic E-state index is 0. The van der Waals surface area contributed by atoms with Crippen molar-refractivity contribution >= 4 is 10.9 Å². The Morgan fingerprint density at radius 3 is 2.23 bits per heavy atom. The molecule has 1 aliphatic rings. The molecule has 0 saturated carbocycles. The minimum Gasteiger partial charge on any atom is -1.00 e. The average molecular weight is 421 g/mol. The number of fused-ring (bicyclic) bond motifs is 2. The Bertz CT molecular complexity index is 923. The van der Waals surface area contributed by atoms with Gasteiger partial charge < -0.3 is 24.8 Å². The summed E-state index contributed by atoms with van der Waals surface area (Å²) in [5.41, 5.74) is 6.36. The van der Waals surface area contributed by atoms with Gasteiger partial charge in [-0.2, -0.15) is 17.7 Å². The number of nitrogens with zero attached hydrogens (tertiary/aromatic N) is 1. The van der Waals surface area contributed by atoms with E-state index in [2.05, 4.69) is 80.4 Å². The SMILES string of the molecule is CC(C)(C)C1=[C-]c2ccccc2C1c1cccc2cccnc12.[Cl-].[Cl-].[Cr+3]. The molecule has 0 spiro atoms. The monoisotopic (exact) mass is 420 g/mol. The molecular formula is C22H20Cl2CrN. The van der Waals surface area contributed by atoms with E-state index >= 15 is 0 Å². The van der Waals surface area contributed by atoms with Crippen molar-refractivity contribution in [2.24, 2.45) is 5.41 Å². The molecule has 0 N–H and O–H groups in total. The van der Waals surface area contributed by atoms with Gasteiger partial charge in [-0.25, -0.2) is 0 Å². The number of benzene rings is 2. The van der Waals surface area contributed by atoms with Crippen molar-refractivity contribution < 1.29 is 42.2 Å². The van der Waals surface area contributed by atoms with Crippen LogP contribution in [0.2, 0.25) is 0 Å². The summed E-state index contributed by atoms with van der Waals surface area (Å²) in [4.78, 5) is 4.67. The van der Waals surface area contributed by atoms with E-state index in [-0.39, 0.29) is 53.5 Å². The molecule has 1 unspecified atom stereocenters. The Labute approximate surface area is 178 Å². The van der Waals surface area contributed by atoms with Crippen LogP contribution in [-0.4, -0.2) is 4.98 Å². The van der Waals surface area contributed by atoms with Crippen LogP contribution < -0.4 is 24.8 Å². The number of halogens is 2. The van der Waals surface area contributed by atoms with E-state index < -0.39 is 0 Å². The molecule has 1 heterocycles. The molecule has 1 aromatic heterocycles. The first-order valence-electron chi connectivity index (χ1n) is 8.12. The summed E-state index contributed by atoms with van der Waals surface area (Å²) in [5.74, 6) is 0.241. The van der Waals surface area contributed by atoms with E-state index in [0.717, 1.165) is 5.52 Å². The van der Waals surface area contributed by atoms with Crippen molar-refractivity contribution in [2.45, 2.75) is 26.7 Å². The van der Waals surface area contributed by atoms with Gasteiger partial charge in [0.25, 0.3) is 0 Å². The Morgan fingerprint density at radius 1 is 0.846 bits per heavy atom. The molecule has 0 fully saturated rings. The van der Waals surface area contributed by atoms with Gasteiger partial charge in [0.05, 0.1) is 5.52 Å². The zero-order valence-corrected chi connectivity index (χ0v) is 17.7. The summed E-state index contributed by atoms with van der Waals surface area (Å²) < 4.78 is 0. The van der Waals surface area contributed by atoms with E-state index in [9.17, 15) is 0 Å². The molecule has 4 rings (SSSR count). The standard InChI is InChI=1S/C22H20N.2ClH.Cr/c1-22(2,3)19-14-16-8-4-5-11-17(16)20(19)18-12-6-9-15-10-7-13-23-21(15)18;;;/h4-13,20H,1-3H3;2*1H;/q-1;;;+3/p-2. The minimum atomic E-state index is 0. The van der Waals surface area contributed by atoms with Crippen molar-refractivity contribution in [3.8, 4) is 0 Å². The van der Waals surface area contributed by atoms with E-state index in [4.69, 9.17) is 0 Å². The first-order chi connectivity index (χ1) is 11.1. The molecule has 4 heteroatoms. The molecule has 2 aromatic carbocycles. The van der Waals surface area contributed by atoms with Crippen LogP contribution in [0, 0.1) is 11.5 Å². The number of rotatable bonds is 1. The molecule has 0 aliphatic heterocycles. The second kappa shape index (κ2) is 8.59. The van der Waals surface area contributed by atoms with Gasteiger partial charge >= 0.3 is 17.4 Å². The van der Waals surface area contributed by atoms with Gasteiger partial charge in [0.15, 0.2) is 0 Å². The second-order valence-corrected chi connectivity index (χ2v) is 7.23. The molecule has 0 bridgehead atoms. The zero-order chi connectivity index (χ0) is 16.0. The van der Waals surface area contributed by atoms with Gasteiger partial charge in [0.1, 0.15) is 0 Å². The van der Waals surface area contributed by atoms with Crippen LogP contribution in [0.3, 0.4) is 0 Å². The van der Waals surface area contributed by atoms with E-state index in [1.54, 1.807) is 0 Å². The van der Waals surface area contributed by atoms with Crippen LogP contribution >= 0.6 is 0 Å². The van der Waals surface area contributed by atoms with Crippen LogP contribution in [0.4, 0.5) is 0 Å². The van der Waals surface area contributed by atoms with Gasteiger partial charge in [-0.05, 0) is 23.0 Å². The van der Waals surface area contributed by atoms with E-state index in [0.29, 0.717) is 0 Å². The first-order valence-corrected chi connectivity index (χ1v) is 8.12. The Balaban J connectivity index is 0.00000113. The largest absolute Gasteiger partial charge is 3.00 e. The summed E-state index contributed by atoms with van der Waals surface area (Å²) in [6, 6.07) is 19.2. The average Bonchev–Trinajstić information content (AvgIpc) is 2.94. The zero-order valence-electron chi connectivity index (χ0n) is 15.0. The molecule has 1 atom stereocenters. The second-order valence-electron chi connectivity index (χ2n) is 7.23. The van der Waals surface area contributed by atoms with Crippen molar-refractivity contribution in [3.63, 3.8) is 0 Å². The maximum Gasteiger partial charge on any atom is 3.00 e. The van der Waals surface area contributed by atoms with Crippen LogP contribution in [0.25, 0.3) is 10.9 Å². The van der Waals surface area contributed by atoms with Gasteiger partial charge in [0.2, 0.25) is 0 Å². The third-order valence-electron chi connectivity index (χ3n) is 4.61. The molecule has 1 nitrogen and oxygen atoms in total. The summed E-state index contributed by atoms with van der Waals surface area (Å²) in [6.07, 6.45) is 5.56. The smallest absolute Gasteiger partial charge is 1.00 e. The fourth-order valence-electron chi connectivity index (χ4n) is 3.54. The maximum absolute atomic E-state index is 4.67. The summed E-state index contributed by atoms with van der Waals surface area (Å²) in [6.45, 7) is 6.81. The quantitative estimate of drug-likeness (QED) is 0.484. The molecule has 26 heavy (non-hydrogen) atoms. The molecule has 0 saturated heterocycles. The van der Waals surface area contributed by atoms with Crippen LogP contribution in [-0.2, 0) is 17.4 Å². The van der Waals surface area contributed by atoms with E-state index in [1.165, 1.54) is 27.6 Å². The summed E-state index contributed by atoms with van der Waals surface area (Å²) >= 11 is 0. The normalized spacial score (nSPS) is 15.2. The van der Waals surface area contributed by atoms with Crippen LogP contribution in [0.5, 0.6) is 0 Å². The van der Waals surface area contributed by atoms with Crippen molar-refractivity contribution in [1.29, 1.82) is 0 Å². The number of para-hydroxylation sites is 1. The van der Waals surface area contributed by atoms with Gasteiger partial charge in [-0.1, -0.05) is 51.1 Å².